The summed E-state index contributed by atoms with van der Waals surface area (Å²) in [6.07, 6.45) is 2.83. The number of Topliss-reactive ketones (excluding diaryl/α,β-unsaturated/α-hetero) is 1. The summed E-state index contributed by atoms with van der Waals surface area (Å²) in [6, 6.07) is 17.3. The van der Waals surface area contributed by atoms with E-state index >= 15 is 0 Å². The van der Waals surface area contributed by atoms with Crippen LogP contribution in [0.4, 0.5) is 0 Å². The quantitative estimate of drug-likeness (QED) is 0.156. The van der Waals surface area contributed by atoms with Crippen LogP contribution in [0.5, 0.6) is 11.6 Å². The van der Waals surface area contributed by atoms with Gasteiger partial charge < -0.3 is 20.1 Å². The average Bonchev–Trinajstić information content (AvgIpc) is 3.70. The monoisotopic (exact) mass is 733 g/mol. The Balaban J connectivity index is 1.12. The van der Waals surface area contributed by atoms with Crippen molar-refractivity contribution in [3.05, 3.63) is 80.9 Å². The first-order valence-electron chi connectivity index (χ1n) is 16.7. The third-order valence-electron chi connectivity index (χ3n) is 10.0. The number of pyridine rings is 2. The van der Waals surface area contributed by atoms with Gasteiger partial charge in [0, 0.05) is 96.8 Å². The van der Waals surface area contributed by atoms with Gasteiger partial charge in [-0.15, -0.1) is 0 Å². The number of aromatic nitrogens is 2. The lowest BCUT2D eigenvalue weighted by Crippen LogP contribution is -2.56. The molecular formula is C38H38Cl3N5O4. The molecule has 1 saturated carbocycles. The molecule has 9 nitrogen and oxygen atoms in total. The molecule has 7 rings (SSSR count). The number of methoxy groups -OCH3 is 2. The maximum Gasteiger partial charge on any atom is 0.220 e. The van der Waals surface area contributed by atoms with Crippen LogP contribution in [0.15, 0.2) is 54.6 Å². The molecule has 2 aromatic heterocycles. The number of ether oxygens (including phenoxy) is 2. The first kappa shape index (κ1) is 34.7. The van der Waals surface area contributed by atoms with Crippen LogP contribution in [0.1, 0.15) is 36.8 Å². The molecule has 2 aromatic carbocycles. The lowest BCUT2D eigenvalue weighted by Gasteiger charge is -2.47. The maximum absolute atomic E-state index is 11.8. The van der Waals surface area contributed by atoms with Crippen LogP contribution >= 0.6 is 34.8 Å². The summed E-state index contributed by atoms with van der Waals surface area (Å²) in [7, 11) is 3.22. The lowest BCUT2D eigenvalue weighted by molar-refractivity contribution is -0.120. The highest BCUT2D eigenvalue weighted by molar-refractivity contribution is 6.39. The number of halogens is 3. The van der Waals surface area contributed by atoms with Crippen molar-refractivity contribution in [2.75, 3.05) is 40.4 Å². The van der Waals surface area contributed by atoms with Crippen molar-refractivity contribution >= 4 is 46.5 Å². The highest BCUT2D eigenvalue weighted by atomic mass is 35.5. The molecule has 1 atom stereocenters. The molecule has 4 heterocycles. The van der Waals surface area contributed by atoms with Crippen LogP contribution in [0, 0.1) is 11.3 Å². The summed E-state index contributed by atoms with van der Waals surface area (Å²) in [5.74, 6) is 1.98. The number of benzene rings is 2. The Bertz CT molecular complexity index is 1970. The fourth-order valence-corrected chi connectivity index (χ4v) is 8.37. The number of carbonyl (C=O) groups excluding carboxylic acids is 2. The predicted molar refractivity (Wildman–Crippen MR) is 196 cm³/mol. The van der Waals surface area contributed by atoms with Crippen LogP contribution in [0.3, 0.4) is 0 Å². The molecule has 0 bridgehead atoms. The van der Waals surface area contributed by atoms with Crippen molar-refractivity contribution in [2.24, 2.45) is 11.3 Å². The molecule has 2 saturated heterocycles. The van der Waals surface area contributed by atoms with Gasteiger partial charge in [-0.1, -0.05) is 77.3 Å². The third kappa shape index (κ3) is 6.94. The molecule has 0 radical (unpaired) electrons. The van der Waals surface area contributed by atoms with Crippen molar-refractivity contribution < 1.29 is 19.1 Å². The number of amides is 1. The van der Waals surface area contributed by atoms with E-state index in [1.54, 1.807) is 14.2 Å². The van der Waals surface area contributed by atoms with Crippen molar-refractivity contribution in [1.29, 1.82) is 0 Å². The topological polar surface area (TPSA) is 106 Å². The summed E-state index contributed by atoms with van der Waals surface area (Å²) in [5, 5.41) is 7.72. The standard InChI is InChI=1S/C38H38Cl3N5O4/c1-49-32-14-31(44-36(41)29(32)18-46-20-38(21-46)15-33(48)43-19-38)28-8-4-6-26(35(28)40)25-5-3-7-27(34(25)39)30-12-10-23(37(45-30)50-2)17-42-16-22-9-11-24(47)13-22/h3-8,10,12,14,22,42H,9,11,13,15-21H2,1-2H3,(H,43,48)/t22-/m1/s1. The van der Waals surface area contributed by atoms with Crippen LogP contribution in [-0.4, -0.2) is 67.0 Å². The van der Waals surface area contributed by atoms with E-state index in [9.17, 15) is 9.59 Å². The molecule has 2 aliphatic heterocycles. The Kier molecular flexibility index (Phi) is 10.1. The third-order valence-corrected chi connectivity index (χ3v) is 11.1. The Hall–Kier alpha value is -3.73. The van der Waals surface area contributed by atoms with Gasteiger partial charge in [0.25, 0.3) is 0 Å². The summed E-state index contributed by atoms with van der Waals surface area (Å²) in [4.78, 5) is 35.2. The summed E-state index contributed by atoms with van der Waals surface area (Å²) < 4.78 is 11.5. The molecule has 2 N–H and O–H groups in total. The normalized spacial score (nSPS) is 18.4. The number of likely N-dealkylation sites (tertiary alicyclic amines) is 1. The second-order valence-corrected chi connectivity index (χ2v) is 14.7. The minimum absolute atomic E-state index is 0.0123. The number of hydrogen-bond acceptors (Lipinski definition) is 8. The molecule has 1 aliphatic carbocycles. The van der Waals surface area contributed by atoms with Gasteiger partial charge in [-0.3, -0.25) is 14.5 Å². The molecule has 4 aromatic rings. The second kappa shape index (κ2) is 14.5. The van der Waals surface area contributed by atoms with Gasteiger partial charge in [-0.2, -0.15) is 0 Å². The van der Waals surface area contributed by atoms with E-state index in [1.807, 2.05) is 54.6 Å². The molecular weight excluding hydrogens is 697 g/mol. The second-order valence-electron chi connectivity index (χ2n) is 13.6. The molecule has 50 heavy (non-hydrogen) atoms. The summed E-state index contributed by atoms with van der Waals surface area (Å²) in [5.41, 5.74) is 5.89. The van der Waals surface area contributed by atoms with Crippen molar-refractivity contribution in [2.45, 2.75) is 38.8 Å². The fraction of sp³-hybridized carbons (Fsp3) is 0.368. The van der Waals surface area contributed by atoms with Crippen molar-refractivity contribution in [3.8, 4) is 45.3 Å². The van der Waals surface area contributed by atoms with Gasteiger partial charge in [-0.05, 0) is 24.9 Å². The van der Waals surface area contributed by atoms with Gasteiger partial charge in [-0.25, -0.2) is 9.97 Å². The van der Waals surface area contributed by atoms with Crippen LogP contribution in [0.25, 0.3) is 33.6 Å². The number of carbonyl (C=O) groups is 2. The zero-order valence-corrected chi connectivity index (χ0v) is 30.2. The summed E-state index contributed by atoms with van der Waals surface area (Å²) >= 11 is 21.0. The Labute approximate surface area is 306 Å². The van der Waals surface area contributed by atoms with E-state index in [4.69, 9.17) is 54.2 Å². The van der Waals surface area contributed by atoms with Gasteiger partial charge >= 0.3 is 0 Å². The Morgan fingerprint density at radius 2 is 1.62 bits per heavy atom. The molecule has 1 spiro atoms. The van der Waals surface area contributed by atoms with Crippen molar-refractivity contribution in [3.63, 3.8) is 0 Å². The number of nitrogens with zero attached hydrogens (tertiary/aromatic N) is 3. The SMILES string of the molecule is COc1cc(-c2cccc(-c3cccc(-c4ccc(CNC[C@@H]5CCC(=O)C5)c(OC)n4)c3Cl)c2Cl)nc(Cl)c1CN1CC2(CNC(=O)C2)C1. The first-order valence-corrected chi connectivity index (χ1v) is 17.9. The fourth-order valence-electron chi connectivity index (χ4n) is 7.48. The Morgan fingerprint density at radius 1 is 0.920 bits per heavy atom. The molecule has 3 fully saturated rings. The minimum Gasteiger partial charge on any atom is -0.496 e. The van der Waals surface area contributed by atoms with Gasteiger partial charge in [0.1, 0.15) is 16.7 Å². The smallest absolute Gasteiger partial charge is 0.220 e. The van der Waals surface area contributed by atoms with E-state index in [-0.39, 0.29) is 11.3 Å². The van der Waals surface area contributed by atoms with E-state index in [1.165, 1.54) is 0 Å². The minimum atomic E-state index is 0.0123. The molecule has 12 heteroatoms. The van der Waals surface area contributed by atoms with Gasteiger partial charge in [0.2, 0.25) is 11.8 Å². The first-order chi connectivity index (χ1) is 24.2. The largest absolute Gasteiger partial charge is 0.496 e. The van der Waals surface area contributed by atoms with Crippen LogP contribution in [-0.2, 0) is 22.7 Å². The van der Waals surface area contributed by atoms with Crippen molar-refractivity contribution in [1.82, 2.24) is 25.5 Å². The van der Waals surface area contributed by atoms with E-state index in [0.717, 1.165) is 53.9 Å². The lowest BCUT2D eigenvalue weighted by atomic mass is 9.79. The molecule has 1 amide bonds. The zero-order valence-electron chi connectivity index (χ0n) is 28.0. The molecule has 260 valence electrons. The average molecular weight is 735 g/mol. The van der Waals surface area contributed by atoms with Gasteiger partial charge in [0.15, 0.2) is 0 Å². The summed E-state index contributed by atoms with van der Waals surface area (Å²) in [6.45, 7) is 4.28. The van der Waals surface area contributed by atoms with E-state index < -0.39 is 0 Å². The number of ketones is 1. The van der Waals surface area contributed by atoms with Gasteiger partial charge in [0.05, 0.1) is 35.7 Å². The molecule has 3 aliphatic rings. The van der Waals surface area contributed by atoms with E-state index in [2.05, 4.69) is 15.5 Å². The number of hydrogen-bond donors (Lipinski definition) is 2. The maximum atomic E-state index is 11.8. The highest BCUT2D eigenvalue weighted by Gasteiger charge is 2.48. The predicted octanol–water partition coefficient (Wildman–Crippen LogP) is 7.24. The van der Waals surface area contributed by atoms with Crippen LogP contribution in [0.2, 0.25) is 15.2 Å². The molecule has 0 unspecified atom stereocenters. The van der Waals surface area contributed by atoms with E-state index in [0.29, 0.717) is 94.4 Å². The highest BCUT2D eigenvalue weighted by Crippen LogP contribution is 2.44. The van der Waals surface area contributed by atoms with Crippen LogP contribution < -0.4 is 20.1 Å². The Morgan fingerprint density at radius 3 is 2.24 bits per heavy atom. The number of nitrogens with one attached hydrogen (secondary N) is 2. The zero-order chi connectivity index (χ0) is 35.0. The number of rotatable bonds is 11.